The molecule has 1 aromatic carbocycles. The molecule has 1 aliphatic rings. The van der Waals surface area contributed by atoms with E-state index < -0.39 is 0 Å². The van der Waals surface area contributed by atoms with E-state index in [-0.39, 0.29) is 30.0 Å². The molecule has 4 atom stereocenters. The average molecular weight is 289 g/mol. The van der Waals surface area contributed by atoms with Crippen molar-refractivity contribution in [3.05, 3.63) is 35.9 Å². The summed E-state index contributed by atoms with van der Waals surface area (Å²) >= 11 is 0. The van der Waals surface area contributed by atoms with E-state index in [1.807, 2.05) is 49.1 Å². The lowest BCUT2D eigenvalue weighted by Crippen LogP contribution is -2.54. The number of nitrogens with two attached hydrogens (primary N) is 2. The summed E-state index contributed by atoms with van der Waals surface area (Å²) in [6.45, 7) is 4.71. The summed E-state index contributed by atoms with van der Waals surface area (Å²) in [6.07, 6.45) is 3.20. The van der Waals surface area contributed by atoms with Gasteiger partial charge in [-0.05, 0) is 31.7 Å². The van der Waals surface area contributed by atoms with Crippen LogP contribution in [0.1, 0.15) is 44.7 Å². The van der Waals surface area contributed by atoms with Crippen molar-refractivity contribution in [2.24, 2.45) is 17.4 Å². The van der Waals surface area contributed by atoms with E-state index in [9.17, 15) is 4.79 Å². The summed E-state index contributed by atoms with van der Waals surface area (Å²) in [6, 6.07) is 9.72. The molecule has 2 rings (SSSR count). The Labute approximate surface area is 127 Å². The van der Waals surface area contributed by atoms with Crippen LogP contribution in [0.2, 0.25) is 0 Å². The Morgan fingerprint density at radius 3 is 2.48 bits per heavy atom. The lowest BCUT2D eigenvalue weighted by molar-refractivity contribution is -0.140. The Kier molecular flexibility index (Phi) is 5.37. The number of piperidine rings is 1. The molecule has 21 heavy (non-hydrogen) atoms. The first-order chi connectivity index (χ1) is 10.0. The first-order valence-corrected chi connectivity index (χ1v) is 7.89. The molecule has 1 saturated heterocycles. The highest BCUT2D eigenvalue weighted by atomic mass is 16.2. The largest absolute Gasteiger partial charge is 0.338 e. The number of amides is 1. The van der Waals surface area contributed by atoms with Crippen LogP contribution in [0, 0.1) is 5.92 Å². The van der Waals surface area contributed by atoms with Crippen molar-refractivity contribution in [1.82, 2.24) is 4.90 Å². The Hall–Kier alpha value is -1.39. The molecule has 4 heteroatoms. The normalized spacial score (nSPS) is 23.4. The molecule has 1 aliphatic heterocycles. The Balaban J connectivity index is 2.10. The fraction of sp³-hybridized carbons (Fsp3) is 0.588. The molecule has 0 spiro atoms. The van der Waals surface area contributed by atoms with E-state index in [0.717, 1.165) is 31.4 Å². The molecule has 0 aliphatic carbocycles. The molecule has 116 valence electrons. The van der Waals surface area contributed by atoms with Crippen LogP contribution in [0.15, 0.2) is 30.3 Å². The van der Waals surface area contributed by atoms with Gasteiger partial charge in [-0.2, -0.15) is 0 Å². The SMILES string of the molecule is CC(N)C1CCCCN1C(=O)C(C)C(N)c1ccccc1. The van der Waals surface area contributed by atoms with Gasteiger partial charge in [0, 0.05) is 24.7 Å². The first kappa shape index (κ1) is 16.0. The number of carbonyl (C=O) groups excluding carboxylic acids is 1. The van der Waals surface area contributed by atoms with Gasteiger partial charge in [0.25, 0.3) is 0 Å². The fourth-order valence-electron chi connectivity index (χ4n) is 3.16. The predicted octanol–water partition coefficient (Wildman–Crippen LogP) is 2.05. The van der Waals surface area contributed by atoms with Crippen LogP contribution in [-0.2, 0) is 4.79 Å². The smallest absolute Gasteiger partial charge is 0.227 e. The molecular weight excluding hydrogens is 262 g/mol. The van der Waals surface area contributed by atoms with Crippen molar-refractivity contribution >= 4 is 5.91 Å². The summed E-state index contributed by atoms with van der Waals surface area (Å²) in [5.74, 6) is -0.0971. The van der Waals surface area contributed by atoms with Crippen molar-refractivity contribution in [3.8, 4) is 0 Å². The maximum absolute atomic E-state index is 12.8. The number of carbonyl (C=O) groups is 1. The second-order valence-corrected chi connectivity index (χ2v) is 6.18. The molecule has 1 heterocycles. The zero-order valence-electron chi connectivity index (χ0n) is 13.0. The highest BCUT2D eigenvalue weighted by molar-refractivity contribution is 5.80. The van der Waals surface area contributed by atoms with Crippen LogP contribution in [0.3, 0.4) is 0 Å². The van der Waals surface area contributed by atoms with Gasteiger partial charge in [0.2, 0.25) is 5.91 Å². The number of hydrogen-bond donors (Lipinski definition) is 2. The molecule has 0 radical (unpaired) electrons. The minimum atomic E-state index is -0.269. The molecule has 1 fully saturated rings. The molecule has 0 aromatic heterocycles. The molecule has 4 unspecified atom stereocenters. The van der Waals surface area contributed by atoms with Gasteiger partial charge in [0.15, 0.2) is 0 Å². The van der Waals surface area contributed by atoms with Gasteiger partial charge in [0.1, 0.15) is 0 Å². The van der Waals surface area contributed by atoms with Crippen LogP contribution in [0.4, 0.5) is 0 Å². The number of hydrogen-bond acceptors (Lipinski definition) is 3. The fourth-order valence-corrected chi connectivity index (χ4v) is 3.16. The van der Waals surface area contributed by atoms with E-state index >= 15 is 0 Å². The molecule has 0 bridgehead atoms. The Bertz CT molecular complexity index is 460. The summed E-state index contributed by atoms with van der Waals surface area (Å²) < 4.78 is 0. The van der Waals surface area contributed by atoms with Crippen molar-refractivity contribution in [1.29, 1.82) is 0 Å². The quantitative estimate of drug-likeness (QED) is 0.891. The van der Waals surface area contributed by atoms with Crippen LogP contribution in [0.5, 0.6) is 0 Å². The minimum absolute atomic E-state index is 0.00870. The van der Waals surface area contributed by atoms with E-state index in [2.05, 4.69) is 0 Å². The van der Waals surface area contributed by atoms with Gasteiger partial charge in [-0.15, -0.1) is 0 Å². The monoisotopic (exact) mass is 289 g/mol. The van der Waals surface area contributed by atoms with Crippen LogP contribution in [-0.4, -0.2) is 29.4 Å². The second kappa shape index (κ2) is 7.05. The van der Waals surface area contributed by atoms with Gasteiger partial charge in [-0.25, -0.2) is 0 Å². The third-order valence-corrected chi connectivity index (χ3v) is 4.55. The molecule has 1 amide bonds. The van der Waals surface area contributed by atoms with E-state index in [1.165, 1.54) is 0 Å². The Morgan fingerprint density at radius 2 is 1.86 bits per heavy atom. The summed E-state index contributed by atoms with van der Waals surface area (Å²) in [5.41, 5.74) is 13.4. The minimum Gasteiger partial charge on any atom is -0.338 e. The van der Waals surface area contributed by atoms with Gasteiger partial charge in [0.05, 0.1) is 5.92 Å². The van der Waals surface area contributed by atoms with Crippen molar-refractivity contribution in [3.63, 3.8) is 0 Å². The average Bonchev–Trinajstić information content (AvgIpc) is 2.53. The zero-order valence-corrected chi connectivity index (χ0v) is 13.0. The van der Waals surface area contributed by atoms with E-state index in [0.29, 0.717) is 0 Å². The number of likely N-dealkylation sites (tertiary alicyclic amines) is 1. The van der Waals surface area contributed by atoms with Gasteiger partial charge in [-0.1, -0.05) is 37.3 Å². The highest BCUT2D eigenvalue weighted by Gasteiger charge is 2.33. The van der Waals surface area contributed by atoms with E-state index in [4.69, 9.17) is 11.5 Å². The number of rotatable bonds is 4. The maximum Gasteiger partial charge on any atom is 0.227 e. The molecule has 1 aromatic rings. The molecule has 0 saturated carbocycles. The van der Waals surface area contributed by atoms with Crippen LogP contribution >= 0.6 is 0 Å². The number of benzene rings is 1. The topological polar surface area (TPSA) is 72.3 Å². The van der Waals surface area contributed by atoms with Crippen LogP contribution in [0.25, 0.3) is 0 Å². The highest BCUT2D eigenvalue weighted by Crippen LogP contribution is 2.26. The summed E-state index contributed by atoms with van der Waals surface area (Å²) in [7, 11) is 0. The Morgan fingerprint density at radius 1 is 1.19 bits per heavy atom. The van der Waals surface area contributed by atoms with Crippen molar-refractivity contribution in [2.75, 3.05) is 6.54 Å². The number of nitrogens with zero attached hydrogens (tertiary/aromatic N) is 1. The predicted molar refractivity (Wildman–Crippen MR) is 85.5 cm³/mol. The third kappa shape index (κ3) is 3.63. The van der Waals surface area contributed by atoms with Crippen LogP contribution < -0.4 is 11.5 Å². The zero-order chi connectivity index (χ0) is 15.4. The van der Waals surface area contributed by atoms with Crippen molar-refractivity contribution < 1.29 is 4.79 Å². The third-order valence-electron chi connectivity index (χ3n) is 4.55. The molecular formula is C17H27N3O. The lowest BCUT2D eigenvalue weighted by atomic mass is 9.90. The summed E-state index contributed by atoms with van der Waals surface area (Å²) in [4.78, 5) is 14.8. The maximum atomic E-state index is 12.8. The van der Waals surface area contributed by atoms with E-state index in [1.54, 1.807) is 0 Å². The van der Waals surface area contributed by atoms with Gasteiger partial charge < -0.3 is 16.4 Å². The first-order valence-electron chi connectivity index (χ1n) is 7.89. The van der Waals surface area contributed by atoms with Gasteiger partial charge in [-0.3, -0.25) is 4.79 Å². The molecule has 4 N–H and O–H groups in total. The second-order valence-electron chi connectivity index (χ2n) is 6.18. The van der Waals surface area contributed by atoms with Gasteiger partial charge >= 0.3 is 0 Å². The standard InChI is InChI=1S/C17H27N3O/c1-12(16(19)14-8-4-3-5-9-14)17(21)20-11-7-6-10-15(20)13(2)18/h3-5,8-9,12-13,15-16H,6-7,10-11,18-19H2,1-2H3. The van der Waals surface area contributed by atoms with Crippen molar-refractivity contribution in [2.45, 2.75) is 51.2 Å². The lowest BCUT2D eigenvalue weighted by Gasteiger charge is -2.40. The molecule has 4 nitrogen and oxygen atoms in total. The summed E-state index contributed by atoms with van der Waals surface area (Å²) in [5, 5.41) is 0.